The zero-order valence-electron chi connectivity index (χ0n) is 12.9. The van der Waals surface area contributed by atoms with Crippen molar-refractivity contribution in [3.05, 3.63) is 24.3 Å². The quantitative estimate of drug-likeness (QED) is 0.902. The normalized spacial score (nSPS) is 27.4. The molecule has 0 saturated carbocycles. The van der Waals surface area contributed by atoms with Crippen LogP contribution in [0.5, 0.6) is 0 Å². The van der Waals surface area contributed by atoms with Gasteiger partial charge in [-0.2, -0.15) is 0 Å². The van der Waals surface area contributed by atoms with Gasteiger partial charge in [-0.15, -0.1) is 0 Å². The molecule has 1 N–H and O–H groups in total. The maximum Gasteiger partial charge on any atom is 0.0387 e. The molecule has 1 fully saturated rings. The minimum Gasteiger partial charge on any atom is -0.378 e. The van der Waals surface area contributed by atoms with Crippen molar-refractivity contribution >= 4 is 11.4 Å². The van der Waals surface area contributed by atoms with Crippen molar-refractivity contribution < 1.29 is 0 Å². The van der Waals surface area contributed by atoms with Crippen molar-refractivity contribution in [2.75, 3.05) is 37.0 Å². The third-order valence-corrected chi connectivity index (χ3v) is 4.35. The van der Waals surface area contributed by atoms with Gasteiger partial charge in [0.2, 0.25) is 0 Å². The number of rotatable bonds is 3. The SMILES string of the molecule is CCC1(C)CN(c2ccc(N(C)C)cc2)C(C)CN1. The molecule has 1 heterocycles. The van der Waals surface area contributed by atoms with Gasteiger partial charge in [0.05, 0.1) is 0 Å². The molecule has 3 nitrogen and oxygen atoms in total. The van der Waals surface area contributed by atoms with Gasteiger partial charge in [-0.1, -0.05) is 6.92 Å². The number of hydrogen-bond acceptors (Lipinski definition) is 3. The average Bonchev–Trinajstić information content (AvgIpc) is 2.42. The molecular formula is C16H27N3. The Morgan fingerprint density at radius 3 is 2.47 bits per heavy atom. The number of hydrogen-bond donors (Lipinski definition) is 1. The van der Waals surface area contributed by atoms with Crippen LogP contribution >= 0.6 is 0 Å². The van der Waals surface area contributed by atoms with Crippen molar-refractivity contribution in [3.8, 4) is 0 Å². The molecule has 0 radical (unpaired) electrons. The molecule has 0 bridgehead atoms. The van der Waals surface area contributed by atoms with Crippen LogP contribution in [-0.4, -0.2) is 38.8 Å². The van der Waals surface area contributed by atoms with Crippen LogP contribution in [0.25, 0.3) is 0 Å². The van der Waals surface area contributed by atoms with Crippen LogP contribution in [0.1, 0.15) is 27.2 Å². The van der Waals surface area contributed by atoms with Crippen LogP contribution in [0.2, 0.25) is 0 Å². The van der Waals surface area contributed by atoms with Gasteiger partial charge >= 0.3 is 0 Å². The maximum atomic E-state index is 3.67. The Hall–Kier alpha value is -1.22. The molecule has 3 heteroatoms. The topological polar surface area (TPSA) is 18.5 Å². The predicted octanol–water partition coefficient (Wildman–Crippen LogP) is 2.72. The van der Waals surface area contributed by atoms with Gasteiger partial charge in [0.1, 0.15) is 0 Å². The Labute approximate surface area is 117 Å². The van der Waals surface area contributed by atoms with E-state index in [0.29, 0.717) is 6.04 Å². The first-order valence-corrected chi connectivity index (χ1v) is 7.24. The second-order valence-electron chi connectivity index (χ2n) is 6.18. The Kier molecular flexibility index (Phi) is 4.04. The lowest BCUT2D eigenvalue weighted by atomic mass is 9.93. The number of anilines is 2. The van der Waals surface area contributed by atoms with E-state index in [1.54, 1.807) is 0 Å². The minimum atomic E-state index is 0.229. The van der Waals surface area contributed by atoms with E-state index in [1.807, 2.05) is 0 Å². The average molecular weight is 261 g/mol. The van der Waals surface area contributed by atoms with Crippen LogP contribution in [0.15, 0.2) is 24.3 Å². The Balaban J connectivity index is 2.19. The zero-order valence-corrected chi connectivity index (χ0v) is 12.9. The fourth-order valence-corrected chi connectivity index (χ4v) is 2.62. The highest BCUT2D eigenvalue weighted by Crippen LogP contribution is 2.26. The molecule has 0 amide bonds. The van der Waals surface area contributed by atoms with E-state index in [1.165, 1.54) is 11.4 Å². The summed E-state index contributed by atoms with van der Waals surface area (Å²) in [5.74, 6) is 0. The second-order valence-corrected chi connectivity index (χ2v) is 6.18. The maximum absolute atomic E-state index is 3.67. The molecule has 1 aliphatic rings. The van der Waals surface area contributed by atoms with Gasteiger partial charge in [0.15, 0.2) is 0 Å². The second kappa shape index (κ2) is 5.41. The van der Waals surface area contributed by atoms with Crippen LogP contribution < -0.4 is 15.1 Å². The van der Waals surface area contributed by atoms with Crippen molar-refractivity contribution in [1.29, 1.82) is 0 Å². The highest BCUT2D eigenvalue weighted by molar-refractivity contribution is 5.56. The summed E-state index contributed by atoms with van der Waals surface area (Å²) in [6, 6.07) is 9.44. The highest BCUT2D eigenvalue weighted by Gasteiger charge is 2.32. The standard InChI is InChI=1S/C16H27N3/c1-6-16(3)12-19(13(2)11-17-16)15-9-7-14(8-10-15)18(4)5/h7-10,13,17H,6,11-12H2,1-5H3. The summed E-state index contributed by atoms with van der Waals surface area (Å²) in [6.07, 6.45) is 1.16. The molecule has 1 aromatic rings. The first-order valence-electron chi connectivity index (χ1n) is 7.24. The number of piperazine rings is 1. The van der Waals surface area contributed by atoms with Crippen LogP contribution in [-0.2, 0) is 0 Å². The van der Waals surface area contributed by atoms with E-state index in [-0.39, 0.29) is 5.54 Å². The zero-order chi connectivity index (χ0) is 14.0. The lowest BCUT2D eigenvalue weighted by Gasteiger charge is -2.46. The summed E-state index contributed by atoms with van der Waals surface area (Å²) < 4.78 is 0. The molecule has 0 spiro atoms. The molecule has 1 aliphatic heterocycles. The molecule has 2 atom stereocenters. The van der Waals surface area contributed by atoms with Crippen LogP contribution in [0.4, 0.5) is 11.4 Å². The highest BCUT2D eigenvalue weighted by atomic mass is 15.2. The summed E-state index contributed by atoms with van der Waals surface area (Å²) in [5.41, 5.74) is 2.82. The summed E-state index contributed by atoms with van der Waals surface area (Å²) in [5, 5.41) is 3.67. The number of benzene rings is 1. The third-order valence-electron chi connectivity index (χ3n) is 4.35. The minimum absolute atomic E-state index is 0.229. The molecule has 2 unspecified atom stereocenters. The molecule has 106 valence electrons. The smallest absolute Gasteiger partial charge is 0.0387 e. The molecule has 0 aliphatic carbocycles. The number of nitrogens with one attached hydrogen (secondary N) is 1. The van der Waals surface area contributed by atoms with E-state index >= 15 is 0 Å². The molecular weight excluding hydrogens is 234 g/mol. The van der Waals surface area contributed by atoms with E-state index in [2.05, 4.69) is 74.2 Å². The first kappa shape index (κ1) is 14.2. The fraction of sp³-hybridized carbons (Fsp3) is 0.625. The summed E-state index contributed by atoms with van der Waals surface area (Å²) in [6.45, 7) is 9.00. The van der Waals surface area contributed by atoms with Crippen molar-refractivity contribution in [1.82, 2.24) is 5.32 Å². The molecule has 19 heavy (non-hydrogen) atoms. The monoisotopic (exact) mass is 261 g/mol. The molecule has 1 saturated heterocycles. The Morgan fingerprint density at radius 1 is 1.32 bits per heavy atom. The van der Waals surface area contributed by atoms with Gasteiger partial charge in [-0.05, 0) is 44.5 Å². The summed E-state index contributed by atoms with van der Waals surface area (Å²) in [4.78, 5) is 4.67. The van der Waals surface area contributed by atoms with Gasteiger partial charge in [0.25, 0.3) is 0 Å². The van der Waals surface area contributed by atoms with Crippen LogP contribution in [0.3, 0.4) is 0 Å². The Bertz CT molecular complexity index is 413. The molecule has 0 aromatic heterocycles. The number of nitrogens with zero attached hydrogens (tertiary/aromatic N) is 2. The first-order chi connectivity index (χ1) is 8.95. The van der Waals surface area contributed by atoms with Crippen LogP contribution in [0, 0.1) is 0 Å². The molecule has 2 rings (SSSR count). The van der Waals surface area contributed by atoms with Crippen molar-refractivity contribution in [2.45, 2.75) is 38.8 Å². The largest absolute Gasteiger partial charge is 0.378 e. The lowest BCUT2D eigenvalue weighted by molar-refractivity contribution is 0.285. The summed E-state index contributed by atoms with van der Waals surface area (Å²) in [7, 11) is 4.16. The lowest BCUT2D eigenvalue weighted by Crippen LogP contribution is -2.62. The molecule has 1 aromatic carbocycles. The third kappa shape index (κ3) is 3.03. The summed E-state index contributed by atoms with van der Waals surface area (Å²) >= 11 is 0. The van der Waals surface area contributed by atoms with Gasteiger partial charge < -0.3 is 15.1 Å². The van der Waals surface area contributed by atoms with Crippen molar-refractivity contribution in [3.63, 3.8) is 0 Å². The Morgan fingerprint density at radius 2 is 1.95 bits per heavy atom. The van der Waals surface area contributed by atoms with E-state index < -0.39 is 0 Å². The van der Waals surface area contributed by atoms with E-state index in [0.717, 1.165) is 19.5 Å². The predicted molar refractivity (Wildman–Crippen MR) is 84.3 cm³/mol. The van der Waals surface area contributed by atoms with E-state index in [4.69, 9.17) is 0 Å². The van der Waals surface area contributed by atoms with Crippen molar-refractivity contribution in [2.24, 2.45) is 0 Å². The van der Waals surface area contributed by atoms with Gasteiger partial charge in [-0.25, -0.2) is 0 Å². The fourth-order valence-electron chi connectivity index (χ4n) is 2.62. The van der Waals surface area contributed by atoms with Gasteiger partial charge in [-0.3, -0.25) is 0 Å². The van der Waals surface area contributed by atoms with E-state index in [9.17, 15) is 0 Å². The van der Waals surface area contributed by atoms with Gasteiger partial charge in [0, 0.05) is 50.1 Å².